The number of likely N-dealkylation sites (tertiary alicyclic amines) is 1. The van der Waals surface area contributed by atoms with Crippen molar-refractivity contribution in [1.29, 1.82) is 0 Å². The zero-order valence-corrected chi connectivity index (χ0v) is 20.6. The van der Waals surface area contributed by atoms with Crippen LogP contribution in [0.3, 0.4) is 0 Å². The summed E-state index contributed by atoms with van der Waals surface area (Å²) in [5.74, 6) is -0.334. The van der Waals surface area contributed by atoms with E-state index in [9.17, 15) is 13.6 Å². The number of halogens is 3. The fraction of sp³-hybridized carbons (Fsp3) is 0.346. The molecule has 4 radical (unpaired) electrons. The third-order valence-electron chi connectivity index (χ3n) is 6.34. The van der Waals surface area contributed by atoms with E-state index in [4.69, 9.17) is 20.4 Å². The number of nitrogens with zero attached hydrogens (tertiary/aromatic N) is 1. The number of aryl methyl sites for hydroxylation is 1. The first-order valence-electron chi connectivity index (χ1n) is 11.2. The number of methoxy groups -OCH3 is 1. The molecule has 1 heterocycles. The maximum atomic E-state index is 12.7. The molecule has 0 bridgehead atoms. The van der Waals surface area contributed by atoms with Gasteiger partial charge in [0, 0.05) is 24.0 Å². The van der Waals surface area contributed by atoms with E-state index in [1.54, 1.807) is 11.0 Å². The van der Waals surface area contributed by atoms with Gasteiger partial charge in [-0.15, -0.1) is 0 Å². The molecule has 34 heavy (non-hydrogen) atoms. The number of rotatable bonds is 6. The summed E-state index contributed by atoms with van der Waals surface area (Å²) >= 11 is 3.79. The van der Waals surface area contributed by atoms with Gasteiger partial charge in [-0.25, -0.2) is 13.6 Å². The molecule has 0 atom stereocenters. The van der Waals surface area contributed by atoms with Crippen molar-refractivity contribution in [2.45, 2.75) is 37.4 Å². The van der Waals surface area contributed by atoms with Crippen LogP contribution in [-0.4, -0.2) is 58.5 Å². The van der Waals surface area contributed by atoms with Crippen molar-refractivity contribution >= 4 is 49.2 Å². The highest BCUT2D eigenvalue weighted by atomic mass is 79.9. The summed E-state index contributed by atoms with van der Waals surface area (Å²) in [4.78, 5) is 13.6. The van der Waals surface area contributed by atoms with E-state index in [1.165, 1.54) is 7.11 Å². The quantitative estimate of drug-likeness (QED) is 0.381. The zero-order chi connectivity index (χ0) is 24.5. The molecule has 3 nitrogen and oxygen atoms in total. The fourth-order valence-corrected chi connectivity index (χ4v) is 5.22. The van der Waals surface area contributed by atoms with Gasteiger partial charge in [0.2, 0.25) is 6.43 Å². The summed E-state index contributed by atoms with van der Waals surface area (Å²) in [7, 11) is 13.1. The van der Waals surface area contributed by atoms with Gasteiger partial charge < -0.3 is 9.64 Å². The maximum Gasteiger partial charge on any atom is 0.337 e. The number of ether oxygens (including phenoxy) is 1. The Morgan fingerprint density at radius 2 is 1.88 bits per heavy atom. The van der Waals surface area contributed by atoms with E-state index in [0.717, 1.165) is 57.1 Å². The summed E-state index contributed by atoms with van der Waals surface area (Å²) in [6.45, 7) is 0.960. The van der Waals surface area contributed by atoms with Crippen LogP contribution in [0.2, 0.25) is 0 Å². The van der Waals surface area contributed by atoms with Crippen LogP contribution >= 0.6 is 15.9 Å². The lowest BCUT2D eigenvalue weighted by molar-refractivity contribution is 0.0600. The SMILES string of the molecule is [B]C([B])(CC(F)F)N1CC(=Cc2ccc(C3=C(Br)CCCc4cc(C(=O)OC)ccc43)cc2)C1. The second-order valence-electron chi connectivity index (χ2n) is 8.86. The monoisotopic (exact) mass is 521 g/mol. The summed E-state index contributed by atoms with van der Waals surface area (Å²) < 4.78 is 31.4. The standard InChI is InChI=1S/C26H24B2BrF2NO2/c1-34-25(33)20-9-10-21-19(12-20)3-2-4-22(29)24(21)18-7-5-16(6-8-18)11-17-14-32(15-17)26(27,28)13-23(30)31/h5-12,23H,2-4,13-15H2,1H3. The molecule has 1 fully saturated rings. The molecule has 0 N–H and O–H groups in total. The van der Waals surface area contributed by atoms with E-state index >= 15 is 0 Å². The lowest BCUT2D eigenvalue weighted by atomic mass is 9.57. The van der Waals surface area contributed by atoms with Crippen molar-refractivity contribution in [2.75, 3.05) is 20.2 Å². The molecule has 0 spiro atoms. The van der Waals surface area contributed by atoms with Gasteiger partial charge in [0.1, 0.15) is 0 Å². The van der Waals surface area contributed by atoms with Crippen molar-refractivity contribution in [3.05, 3.63) is 80.3 Å². The highest BCUT2D eigenvalue weighted by molar-refractivity contribution is 9.11. The molecule has 8 heteroatoms. The lowest BCUT2D eigenvalue weighted by Crippen LogP contribution is -2.58. The largest absolute Gasteiger partial charge is 0.465 e. The van der Waals surface area contributed by atoms with Gasteiger partial charge in [0.05, 0.1) is 28.4 Å². The van der Waals surface area contributed by atoms with Gasteiger partial charge in [-0.2, -0.15) is 0 Å². The highest BCUT2D eigenvalue weighted by Gasteiger charge is 2.34. The Kier molecular flexibility index (Phi) is 7.48. The molecule has 0 aromatic heterocycles. The van der Waals surface area contributed by atoms with E-state index in [-0.39, 0.29) is 5.97 Å². The van der Waals surface area contributed by atoms with E-state index in [1.807, 2.05) is 30.3 Å². The number of carbonyl (C=O) groups excluding carboxylic acids is 1. The normalized spacial score (nSPS) is 16.7. The van der Waals surface area contributed by atoms with E-state index < -0.39 is 18.2 Å². The van der Waals surface area contributed by atoms with Crippen molar-refractivity contribution in [2.24, 2.45) is 0 Å². The molecule has 1 saturated heterocycles. The molecule has 2 aromatic rings. The van der Waals surface area contributed by atoms with Crippen LogP contribution in [0.1, 0.15) is 51.9 Å². The number of hydrogen-bond acceptors (Lipinski definition) is 3. The Balaban J connectivity index is 1.53. The second-order valence-corrected chi connectivity index (χ2v) is 9.82. The smallest absolute Gasteiger partial charge is 0.337 e. The molecule has 2 aliphatic rings. The molecule has 0 unspecified atom stereocenters. The molecule has 2 aromatic carbocycles. The number of fused-ring (bicyclic) bond motifs is 1. The molecular formula is C26H24B2BrF2NO2. The first-order valence-corrected chi connectivity index (χ1v) is 12.0. The van der Waals surface area contributed by atoms with Crippen LogP contribution in [-0.2, 0) is 11.2 Å². The number of carbonyl (C=O) groups is 1. The van der Waals surface area contributed by atoms with Crippen molar-refractivity contribution < 1.29 is 18.3 Å². The minimum atomic E-state index is -2.54. The molecule has 0 amide bonds. The van der Waals surface area contributed by atoms with Crippen LogP contribution in [0.25, 0.3) is 11.6 Å². The summed E-state index contributed by atoms with van der Waals surface area (Å²) in [6, 6.07) is 14.0. The fourth-order valence-electron chi connectivity index (χ4n) is 4.49. The van der Waals surface area contributed by atoms with Crippen molar-refractivity contribution in [3.63, 3.8) is 0 Å². The van der Waals surface area contributed by atoms with E-state index in [2.05, 4.69) is 28.1 Å². The number of benzene rings is 2. The molecule has 0 saturated carbocycles. The minimum absolute atomic E-state index is 0.334. The predicted molar refractivity (Wildman–Crippen MR) is 137 cm³/mol. The maximum absolute atomic E-state index is 12.7. The highest BCUT2D eigenvalue weighted by Crippen LogP contribution is 2.38. The van der Waals surface area contributed by atoms with Crippen LogP contribution < -0.4 is 0 Å². The van der Waals surface area contributed by atoms with Crippen molar-refractivity contribution in [3.8, 4) is 0 Å². The van der Waals surface area contributed by atoms with Gasteiger partial charge in [-0.1, -0.05) is 52.3 Å². The molecule has 172 valence electrons. The number of allylic oxidation sites excluding steroid dienone is 1. The van der Waals surface area contributed by atoms with Gasteiger partial charge >= 0.3 is 5.97 Å². The summed E-state index contributed by atoms with van der Waals surface area (Å²) in [6.07, 6.45) is 1.74. The minimum Gasteiger partial charge on any atom is -0.465 e. The first kappa shape index (κ1) is 24.9. The zero-order valence-electron chi connectivity index (χ0n) is 19.0. The number of esters is 1. The van der Waals surface area contributed by atoms with Crippen molar-refractivity contribution in [1.82, 2.24) is 4.90 Å². The van der Waals surface area contributed by atoms with Crippen LogP contribution in [0.4, 0.5) is 8.78 Å². The lowest BCUT2D eigenvalue weighted by Gasteiger charge is -2.47. The molecule has 1 aliphatic carbocycles. The Hall–Kier alpha value is -2.18. The topological polar surface area (TPSA) is 29.5 Å². The third-order valence-corrected chi connectivity index (χ3v) is 7.13. The predicted octanol–water partition coefficient (Wildman–Crippen LogP) is 5.31. The van der Waals surface area contributed by atoms with Gasteiger partial charge in [0.25, 0.3) is 0 Å². The van der Waals surface area contributed by atoms with Gasteiger partial charge in [0.15, 0.2) is 0 Å². The average molecular weight is 522 g/mol. The van der Waals surface area contributed by atoms with Crippen LogP contribution in [0, 0.1) is 0 Å². The Morgan fingerprint density at radius 1 is 1.18 bits per heavy atom. The summed E-state index contributed by atoms with van der Waals surface area (Å²) in [5.41, 5.74) is 7.13. The third kappa shape index (κ3) is 5.38. The van der Waals surface area contributed by atoms with E-state index in [0.29, 0.717) is 18.7 Å². The molecular weight excluding hydrogens is 498 g/mol. The second kappa shape index (κ2) is 10.2. The summed E-state index contributed by atoms with van der Waals surface area (Å²) in [5, 5.41) is -1.49. The molecule has 4 rings (SSSR count). The first-order chi connectivity index (χ1) is 16.2. The Bertz CT molecular complexity index is 1140. The average Bonchev–Trinajstić information content (AvgIpc) is 2.92. The molecule has 1 aliphatic heterocycles. The van der Waals surface area contributed by atoms with Crippen LogP contribution in [0.15, 0.2) is 52.5 Å². The van der Waals surface area contributed by atoms with Gasteiger partial charge in [-0.05, 0) is 70.1 Å². The van der Waals surface area contributed by atoms with Crippen LogP contribution in [0.5, 0.6) is 0 Å². The number of alkyl halides is 2. The number of hydrogen-bond donors (Lipinski definition) is 0. The Labute approximate surface area is 210 Å². The van der Waals surface area contributed by atoms with Gasteiger partial charge in [-0.3, -0.25) is 0 Å². The Morgan fingerprint density at radius 3 is 2.53 bits per heavy atom.